The number of rotatable bonds is 4. The van der Waals surface area contributed by atoms with Crippen LogP contribution in [0.3, 0.4) is 0 Å². The van der Waals surface area contributed by atoms with Crippen molar-refractivity contribution < 1.29 is 13.6 Å². The second-order valence-electron chi connectivity index (χ2n) is 5.79. The van der Waals surface area contributed by atoms with Crippen molar-refractivity contribution in [2.75, 3.05) is 0 Å². The van der Waals surface area contributed by atoms with Crippen LogP contribution in [0.15, 0.2) is 22.7 Å². The molecule has 1 amide bonds. The Morgan fingerprint density at radius 3 is 2.67 bits per heavy atom. The molecular weight excluding hydrogens is 340 g/mol. The molecule has 1 N–H and O–H groups in total. The highest BCUT2D eigenvalue weighted by Crippen LogP contribution is 2.33. The van der Waals surface area contributed by atoms with Crippen LogP contribution < -0.4 is 5.32 Å². The topological polar surface area (TPSA) is 29.1 Å². The first-order valence-corrected chi connectivity index (χ1v) is 8.07. The maximum Gasteiger partial charge on any atom is 0.248 e. The zero-order chi connectivity index (χ0) is 15.5. The van der Waals surface area contributed by atoms with E-state index in [1.54, 1.807) is 0 Å². The molecule has 0 heterocycles. The molecule has 0 aliphatic heterocycles. The third-order valence-electron chi connectivity index (χ3n) is 3.91. The Balaban J connectivity index is 1.77. The molecule has 0 bridgehead atoms. The van der Waals surface area contributed by atoms with Gasteiger partial charge < -0.3 is 5.32 Å². The van der Waals surface area contributed by atoms with E-state index in [2.05, 4.69) is 21.2 Å². The van der Waals surface area contributed by atoms with Gasteiger partial charge >= 0.3 is 0 Å². The van der Waals surface area contributed by atoms with E-state index >= 15 is 0 Å². The van der Waals surface area contributed by atoms with E-state index in [-0.39, 0.29) is 24.8 Å². The third kappa shape index (κ3) is 5.06. The van der Waals surface area contributed by atoms with Gasteiger partial charge in [-0.25, -0.2) is 8.78 Å². The SMILES string of the molecule is Cc1ccc(CCC(=O)NC2CCC(F)(F)CC2)c(Br)c1. The third-order valence-corrected chi connectivity index (χ3v) is 4.65. The van der Waals surface area contributed by atoms with Crippen molar-refractivity contribution >= 4 is 21.8 Å². The van der Waals surface area contributed by atoms with Gasteiger partial charge in [0.1, 0.15) is 0 Å². The summed E-state index contributed by atoms with van der Waals surface area (Å²) in [6.07, 6.45) is 1.52. The van der Waals surface area contributed by atoms with Gasteiger partial charge in [-0.2, -0.15) is 0 Å². The molecule has 21 heavy (non-hydrogen) atoms. The Labute approximate surface area is 132 Å². The predicted molar refractivity (Wildman–Crippen MR) is 82.5 cm³/mol. The zero-order valence-corrected chi connectivity index (χ0v) is 13.7. The van der Waals surface area contributed by atoms with Crippen LogP contribution in [0.2, 0.25) is 0 Å². The number of amides is 1. The minimum Gasteiger partial charge on any atom is -0.353 e. The predicted octanol–water partition coefficient (Wildman–Crippen LogP) is 4.38. The minimum atomic E-state index is -2.55. The maximum atomic E-state index is 13.0. The molecule has 0 aromatic heterocycles. The number of hydrogen-bond donors (Lipinski definition) is 1. The molecule has 2 nitrogen and oxygen atoms in total. The van der Waals surface area contributed by atoms with E-state index in [9.17, 15) is 13.6 Å². The van der Waals surface area contributed by atoms with Crippen molar-refractivity contribution in [1.82, 2.24) is 5.32 Å². The molecule has 1 aliphatic rings. The fourth-order valence-electron chi connectivity index (χ4n) is 2.59. The quantitative estimate of drug-likeness (QED) is 0.848. The highest BCUT2D eigenvalue weighted by atomic mass is 79.9. The Bertz CT molecular complexity index is 509. The normalized spacial score (nSPS) is 18.5. The molecule has 0 radical (unpaired) electrons. The molecule has 0 spiro atoms. The van der Waals surface area contributed by atoms with Gasteiger partial charge in [0.05, 0.1) is 0 Å². The van der Waals surface area contributed by atoms with Crippen molar-refractivity contribution in [2.45, 2.75) is 57.4 Å². The number of alkyl halides is 2. The molecule has 0 atom stereocenters. The first-order valence-electron chi connectivity index (χ1n) is 7.28. The van der Waals surface area contributed by atoms with Gasteiger partial charge in [-0.15, -0.1) is 0 Å². The highest BCUT2D eigenvalue weighted by molar-refractivity contribution is 9.10. The van der Waals surface area contributed by atoms with Crippen LogP contribution in [-0.2, 0) is 11.2 Å². The van der Waals surface area contributed by atoms with E-state index in [1.807, 2.05) is 25.1 Å². The first kappa shape index (κ1) is 16.4. The average molecular weight is 360 g/mol. The lowest BCUT2D eigenvalue weighted by Crippen LogP contribution is -2.40. The second kappa shape index (κ2) is 6.86. The Morgan fingerprint density at radius 1 is 1.38 bits per heavy atom. The number of aryl methyl sites for hydroxylation is 2. The lowest BCUT2D eigenvalue weighted by Gasteiger charge is -2.28. The molecule has 116 valence electrons. The number of carbonyl (C=O) groups excluding carboxylic acids is 1. The molecule has 1 saturated carbocycles. The van der Waals surface area contributed by atoms with Gasteiger partial charge in [-0.3, -0.25) is 4.79 Å². The first-order chi connectivity index (χ1) is 9.85. The van der Waals surface area contributed by atoms with Crippen LogP contribution in [0, 0.1) is 6.92 Å². The fourth-order valence-corrected chi connectivity index (χ4v) is 3.28. The van der Waals surface area contributed by atoms with Gasteiger partial charge in [-0.1, -0.05) is 28.1 Å². The van der Waals surface area contributed by atoms with Gasteiger partial charge in [-0.05, 0) is 43.4 Å². The molecule has 1 aromatic carbocycles. The molecular formula is C16H20BrF2NO. The summed E-state index contributed by atoms with van der Waals surface area (Å²) in [6, 6.07) is 5.95. The summed E-state index contributed by atoms with van der Waals surface area (Å²) in [5, 5.41) is 2.87. The van der Waals surface area contributed by atoms with E-state index in [4.69, 9.17) is 0 Å². The second-order valence-corrected chi connectivity index (χ2v) is 6.65. The summed E-state index contributed by atoms with van der Waals surface area (Å²) in [4.78, 5) is 11.9. The zero-order valence-electron chi connectivity index (χ0n) is 12.1. The van der Waals surface area contributed by atoms with Crippen LogP contribution in [0.1, 0.15) is 43.2 Å². The molecule has 5 heteroatoms. The van der Waals surface area contributed by atoms with Crippen molar-refractivity contribution in [3.05, 3.63) is 33.8 Å². The number of carbonyl (C=O) groups is 1. The molecule has 0 unspecified atom stereocenters. The Hall–Kier alpha value is -0.970. The number of hydrogen-bond acceptors (Lipinski definition) is 1. The summed E-state index contributed by atoms with van der Waals surface area (Å²) in [5.74, 6) is -2.61. The lowest BCUT2D eigenvalue weighted by molar-refractivity contribution is -0.122. The standard InChI is InChI=1S/C16H20BrF2NO/c1-11-2-3-12(14(17)10-11)4-5-15(21)20-13-6-8-16(18,19)9-7-13/h2-3,10,13H,4-9H2,1H3,(H,20,21). The number of nitrogens with one attached hydrogen (secondary N) is 1. The van der Waals surface area contributed by atoms with Crippen LogP contribution in [0.4, 0.5) is 8.78 Å². The summed E-state index contributed by atoms with van der Waals surface area (Å²) in [5.41, 5.74) is 2.25. The average Bonchev–Trinajstić information content (AvgIpc) is 2.40. The van der Waals surface area contributed by atoms with Crippen molar-refractivity contribution in [3.63, 3.8) is 0 Å². The summed E-state index contributed by atoms with van der Waals surface area (Å²) < 4.78 is 27.1. The molecule has 1 aromatic rings. The highest BCUT2D eigenvalue weighted by Gasteiger charge is 2.35. The fraction of sp³-hybridized carbons (Fsp3) is 0.562. The lowest BCUT2D eigenvalue weighted by atomic mass is 9.92. The van der Waals surface area contributed by atoms with Gasteiger partial charge in [0.15, 0.2) is 0 Å². The summed E-state index contributed by atoms with van der Waals surface area (Å²) in [6.45, 7) is 2.01. The van der Waals surface area contributed by atoms with Crippen LogP contribution in [-0.4, -0.2) is 17.9 Å². The van der Waals surface area contributed by atoms with Gasteiger partial charge in [0.25, 0.3) is 0 Å². The van der Waals surface area contributed by atoms with E-state index in [1.165, 1.54) is 5.56 Å². The van der Waals surface area contributed by atoms with Crippen LogP contribution in [0.25, 0.3) is 0 Å². The number of halogens is 3. The minimum absolute atomic E-state index is 0.0577. The van der Waals surface area contributed by atoms with Crippen molar-refractivity contribution in [2.24, 2.45) is 0 Å². The Morgan fingerprint density at radius 2 is 2.05 bits per heavy atom. The monoisotopic (exact) mass is 359 g/mol. The van der Waals surface area contributed by atoms with E-state index < -0.39 is 5.92 Å². The maximum absolute atomic E-state index is 13.0. The molecule has 1 aliphatic carbocycles. The molecule has 2 rings (SSSR count). The van der Waals surface area contributed by atoms with E-state index in [0.717, 1.165) is 10.0 Å². The van der Waals surface area contributed by atoms with Gasteiger partial charge in [0, 0.05) is 29.8 Å². The largest absolute Gasteiger partial charge is 0.353 e. The number of benzene rings is 1. The smallest absolute Gasteiger partial charge is 0.248 e. The van der Waals surface area contributed by atoms with E-state index in [0.29, 0.717) is 25.7 Å². The molecule has 1 fully saturated rings. The van der Waals surface area contributed by atoms with Crippen molar-refractivity contribution in [1.29, 1.82) is 0 Å². The summed E-state index contributed by atoms with van der Waals surface area (Å²) >= 11 is 3.49. The van der Waals surface area contributed by atoms with Crippen LogP contribution in [0.5, 0.6) is 0 Å². The van der Waals surface area contributed by atoms with Crippen molar-refractivity contribution in [3.8, 4) is 0 Å². The summed E-state index contributed by atoms with van der Waals surface area (Å²) in [7, 11) is 0. The Kier molecular flexibility index (Phi) is 5.36. The van der Waals surface area contributed by atoms with Crippen LogP contribution >= 0.6 is 15.9 Å². The molecule has 0 saturated heterocycles. The van der Waals surface area contributed by atoms with Gasteiger partial charge in [0.2, 0.25) is 11.8 Å².